The number of aliphatic hydroxyl groups is 1. The van der Waals surface area contributed by atoms with Crippen molar-refractivity contribution in [1.82, 2.24) is 19.7 Å². The van der Waals surface area contributed by atoms with Gasteiger partial charge in [-0.05, 0) is 18.4 Å². The van der Waals surface area contributed by atoms with Crippen molar-refractivity contribution < 1.29 is 5.11 Å². The molecule has 2 aromatic rings. The summed E-state index contributed by atoms with van der Waals surface area (Å²) in [4.78, 5) is 7.05. The minimum Gasteiger partial charge on any atom is -0.392 e. The van der Waals surface area contributed by atoms with Crippen molar-refractivity contribution in [3.8, 4) is 11.4 Å². The van der Waals surface area contributed by atoms with Crippen LogP contribution in [0.3, 0.4) is 0 Å². The lowest BCUT2D eigenvalue weighted by Crippen LogP contribution is -2.21. The van der Waals surface area contributed by atoms with Gasteiger partial charge in [-0.25, -0.2) is 4.98 Å². The van der Waals surface area contributed by atoms with Crippen molar-refractivity contribution in [3.63, 3.8) is 0 Å². The van der Waals surface area contributed by atoms with E-state index in [0.717, 1.165) is 49.7 Å². The fraction of sp³-hybridized carbons (Fsp3) is 0.619. The number of rotatable bonds is 9. The molecule has 5 heteroatoms. The maximum absolute atomic E-state index is 9.64. The number of unbranched alkanes of at least 4 members (excludes halogenated alkanes) is 4. The minimum atomic E-state index is -0.160. The Morgan fingerprint density at radius 1 is 1.12 bits per heavy atom. The molecule has 1 aromatic carbocycles. The molecule has 2 heterocycles. The lowest BCUT2D eigenvalue weighted by molar-refractivity contribution is 0.175. The third-order valence-electron chi connectivity index (χ3n) is 5.22. The molecule has 5 nitrogen and oxygen atoms in total. The molecule has 0 radical (unpaired) electrons. The Morgan fingerprint density at radius 2 is 1.88 bits per heavy atom. The van der Waals surface area contributed by atoms with Crippen molar-refractivity contribution >= 4 is 0 Å². The van der Waals surface area contributed by atoms with Gasteiger partial charge in [0.25, 0.3) is 0 Å². The highest BCUT2D eigenvalue weighted by molar-refractivity contribution is 5.55. The third-order valence-corrected chi connectivity index (χ3v) is 5.22. The fourth-order valence-electron chi connectivity index (χ4n) is 3.62. The molecule has 26 heavy (non-hydrogen) atoms. The standard InChI is InChI=1S/C21H32N4O/c1-3-4-5-6-7-8-20-22-21(23-24(20)2)18-11-9-17(10-12-18)15-25-14-13-19(26)16-25/h9-12,19,26H,3-8,13-16H2,1-2H3/t19-/m0/s1. The maximum atomic E-state index is 9.64. The van der Waals surface area contributed by atoms with Gasteiger partial charge in [0.05, 0.1) is 6.10 Å². The summed E-state index contributed by atoms with van der Waals surface area (Å²) >= 11 is 0. The number of likely N-dealkylation sites (tertiary alicyclic amines) is 1. The highest BCUT2D eigenvalue weighted by Crippen LogP contribution is 2.19. The smallest absolute Gasteiger partial charge is 0.181 e. The Labute approximate surface area is 157 Å². The summed E-state index contributed by atoms with van der Waals surface area (Å²) in [6.45, 7) is 4.90. The molecule has 0 saturated carbocycles. The maximum Gasteiger partial charge on any atom is 0.181 e. The van der Waals surface area contributed by atoms with Crippen LogP contribution in [0.2, 0.25) is 0 Å². The first-order chi connectivity index (χ1) is 12.7. The molecule has 1 aliphatic rings. The summed E-state index contributed by atoms with van der Waals surface area (Å²) in [7, 11) is 1.99. The van der Waals surface area contributed by atoms with Gasteiger partial charge in [0.15, 0.2) is 5.82 Å². The van der Waals surface area contributed by atoms with E-state index in [9.17, 15) is 5.11 Å². The Bertz CT molecular complexity index is 680. The number of aliphatic hydroxyl groups excluding tert-OH is 1. The molecule has 1 aliphatic heterocycles. The van der Waals surface area contributed by atoms with Crippen molar-refractivity contribution in [2.24, 2.45) is 7.05 Å². The van der Waals surface area contributed by atoms with E-state index >= 15 is 0 Å². The van der Waals surface area contributed by atoms with E-state index in [0.29, 0.717) is 0 Å². The Kier molecular flexibility index (Phi) is 6.80. The molecule has 0 aliphatic carbocycles. The van der Waals surface area contributed by atoms with Gasteiger partial charge in [-0.15, -0.1) is 0 Å². The second-order valence-corrected chi connectivity index (χ2v) is 7.51. The van der Waals surface area contributed by atoms with Crippen molar-refractivity contribution in [2.75, 3.05) is 13.1 Å². The molecule has 0 bridgehead atoms. The van der Waals surface area contributed by atoms with Gasteiger partial charge in [0.1, 0.15) is 5.82 Å². The molecule has 1 aromatic heterocycles. The van der Waals surface area contributed by atoms with Crippen LogP contribution in [0.1, 0.15) is 56.8 Å². The first kappa shape index (κ1) is 19.1. The van der Waals surface area contributed by atoms with Crippen LogP contribution in [-0.2, 0) is 20.0 Å². The zero-order valence-electron chi connectivity index (χ0n) is 16.2. The molecule has 3 rings (SSSR count). The Morgan fingerprint density at radius 3 is 2.58 bits per heavy atom. The SMILES string of the molecule is CCCCCCCc1nc(-c2ccc(CN3CC[C@H](O)C3)cc2)nn1C. The lowest BCUT2D eigenvalue weighted by atomic mass is 10.1. The van der Waals surface area contributed by atoms with Gasteiger partial charge in [0, 0.05) is 38.7 Å². The van der Waals surface area contributed by atoms with E-state index in [1.54, 1.807) is 0 Å². The summed E-state index contributed by atoms with van der Waals surface area (Å²) in [5.41, 5.74) is 2.35. The van der Waals surface area contributed by atoms with Crippen LogP contribution in [0.5, 0.6) is 0 Å². The van der Waals surface area contributed by atoms with Crippen molar-refractivity contribution in [3.05, 3.63) is 35.7 Å². The van der Waals surface area contributed by atoms with Crippen LogP contribution in [0.4, 0.5) is 0 Å². The highest BCUT2D eigenvalue weighted by atomic mass is 16.3. The van der Waals surface area contributed by atoms with Crippen molar-refractivity contribution in [1.29, 1.82) is 0 Å². The van der Waals surface area contributed by atoms with E-state index < -0.39 is 0 Å². The predicted octanol–water partition coefficient (Wildman–Crippen LogP) is 3.56. The number of nitrogens with zero attached hydrogens (tertiary/aromatic N) is 4. The molecule has 0 unspecified atom stereocenters. The second-order valence-electron chi connectivity index (χ2n) is 7.51. The minimum absolute atomic E-state index is 0.160. The van der Waals surface area contributed by atoms with Crippen LogP contribution in [-0.4, -0.2) is 44.0 Å². The van der Waals surface area contributed by atoms with Gasteiger partial charge >= 0.3 is 0 Å². The number of aromatic nitrogens is 3. The molecule has 0 spiro atoms. The van der Waals surface area contributed by atoms with Crippen LogP contribution in [0.15, 0.2) is 24.3 Å². The van der Waals surface area contributed by atoms with Gasteiger partial charge in [-0.1, -0.05) is 56.9 Å². The molecule has 1 saturated heterocycles. The average Bonchev–Trinajstić information content (AvgIpc) is 3.21. The van der Waals surface area contributed by atoms with Crippen LogP contribution in [0.25, 0.3) is 11.4 Å². The van der Waals surface area contributed by atoms with Crippen molar-refractivity contribution in [2.45, 2.75) is 64.5 Å². The van der Waals surface area contributed by atoms with Gasteiger partial charge in [-0.3, -0.25) is 9.58 Å². The first-order valence-corrected chi connectivity index (χ1v) is 10.1. The topological polar surface area (TPSA) is 54.2 Å². The van der Waals surface area contributed by atoms with E-state index in [1.807, 2.05) is 11.7 Å². The molecule has 1 fully saturated rings. The average molecular weight is 357 g/mol. The summed E-state index contributed by atoms with van der Waals surface area (Å²) in [6.07, 6.45) is 8.11. The molecule has 0 amide bonds. The number of β-amino-alcohol motifs (C(OH)–C–C–N with tert-alkyl or cyclic N) is 1. The van der Waals surface area contributed by atoms with E-state index in [2.05, 4.69) is 41.2 Å². The monoisotopic (exact) mass is 356 g/mol. The number of hydrogen-bond donors (Lipinski definition) is 1. The Balaban J connectivity index is 1.56. The summed E-state index contributed by atoms with van der Waals surface area (Å²) in [5.74, 6) is 1.89. The van der Waals surface area contributed by atoms with Gasteiger partial charge in [0.2, 0.25) is 0 Å². The zero-order chi connectivity index (χ0) is 18.4. The second kappa shape index (κ2) is 9.28. The summed E-state index contributed by atoms with van der Waals surface area (Å²) in [6, 6.07) is 8.53. The van der Waals surface area contributed by atoms with Crippen LogP contribution >= 0.6 is 0 Å². The number of aryl methyl sites for hydroxylation is 2. The molecule has 1 N–H and O–H groups in total. The van der Waals surface area contributed by atoms with E-state index in [4.69, 9.17) is 4.98 Å². The summed E-state index contributed by atoms with van der Waals surface area (Å²) < 4.78 is 1.93. The molecular formula is C21H32N4O. The quantitative estimate of drug-likeness (QED) is 0.698. The zero-order valence-corrected chi connectivity index (χ0v) is 16.2. The molecule has 1 atom stereocenters. The van der Waals surface area contributed by atoms with Crippen LogP contribution < -0.4 is 0 Å². The van der Waals surface area contributed by atoms with Gasteiger partial charge < -0.3 is 5.11 Å². The first-order valence-electron chi connectivity index (χ1n) is 10.1. The van der Waals surface area contributed by atoms with Crippen LogP contribution in [0, 0.1) is 0 Å². The Hall–Kier alpha value is -1.72. The lowest BCUT2D eigenvalue weighted by Gasteiger charge is -2.14. The largest absolute Gasteiger partial charge is 0.392 e. The highest BCUT2D eigenvalue weighted by Gasteiger charge is 2.20. The van der Waals surface area contributed by atoms with E-state index in [1.165, 1.54) is 37.7 Å². The fourth-order valence-corrected chi connectivity index (χ4v) is 3.62. The molecule has 142 valence electrons. The molecular weight excluding hydrogens is 324 g/mol. The third kappa shape index (κ3) is 5.15. The van der Waals surface area contributed by atoms with Gasteiger partial charge in [-0.2, -0.15) is 5.10 Å². The normalized spacial score (nSPS) is 17.9. The number of benzene rings is 1. The summed E-state index contributed by atoms with van der Waals surface area (Å²) in [5, 5.41) is 14.2. The number of hydrogen-bond acceptors (Lipinski definition) is 4. The predicted molar refractivity (Wildman–Crippen MR) is 105 cm³/mol. The van der Waals surface area contributed by atoms with E-state index in [-0.39, 0.29) is 6.10 Å².